The van der Waals surface area contributed by atoms with Gasteiger partial charge in [-0.1, -0.05) is 35.5 Å². The molecule has 3 rings (SSSR count). The van der Waals surface area contributed by atoms with Gasteiger partial charge >= 0.3 is 0 Å². The summed E-state index contributed by atoms with van der Waals surface area (Å²) >= 11 is 7.34. The summed E-state index contributed by atoms with van der Waals surface area (Å²) in [5, 5.41) is 20.1. The molecular formula is C19H22ClN3O3S. The molecule has 1 N–H and O–H groups in total. The number of hydrogen-bond donors (Lipinski definition) is 1. The number of halogens is 1. The fraction of sp³-hybridized carbons (Fsp3) is 0.368. The van der Waals surface area contributed by atoms with Gasteiger partial charge in [-0.15, -0.1) is 10.2 Å². The summed E-state index contributed by atoms with van der Waals surface area (Å²) in [5.41, 5.74) is 1.94. The van der Waals surface area contributed by atoms with Crippen LogP contribution < -0.4 is 0 Å². The van der Waals surface area contributed by atoms with Crippen molar-refractivity contribution in [3.63, 3.8) is 0 Å². The molecule has 144 valence electrons. The predicted molar refractivity (Wildman–Crippen MR) is 106 cm³/mol. The lowest BCUT2D eigenvalue weighted by atomic mass is 10.1. The lowest BCUT2D eigenvalue weighted by Gasteiger charge is -2.16. The van der Waals surface area contributed by atoms with E-state index >= 15 is 0 Å². The Kier molecular flexibility index (Phi) is 6.59. The first-order chi connectivity index (χ1) is 13.0. The van der Waals surface area contributed by atoms with Crippen molar-refractivity contribution in [1.29, 1.82) is 0 Å². The molecular weight excluding hydrogens is 386 g/mol. The molecule has 0 spiro atoms. The van der Waals surface area contributed by atoms with E-state index in [0.29, 0.717) is 10.8 Å². The lowest BCUT2D eigenvalue weighted by Crippen LogP contribution is -2.19. The Hall–Kier alpha value is -1.80. The second kappa shape index (κ2) is 8.93. The molecule has 0 radical (unpaired) electrons. The Morgan fingerprint density at radius 2 is 2.00 bits per heavy atom. The van der Waals surface area contributed by atoms with Crippen LogP contribution >= 0.6 is 23.4 Å². The van der Waals surface area contributed by atoms with Crippen molar-refractivity contribution in [3.8, 4) is 11.4 Å². The zero-order chi connectivity index (χ0) is 19.4. The number of aliphatic hydroxyl groups excluding tert-OH is 1. The second-order valence-electron chi connectivity index (χ2n) is 6.25. The second-order valence-corrected chi connectivity index (χ2v) is 7.67. The van der Waals surface area contributed by atoms with E-state index in [2.05, 4.69) is 10.2 Å². The first-order valence-electron chi connectivity index (χ1n) is 8.57. The van der Waals surface area contributed by atoms with Crippen LogP contribution in [0.4, 0.5) is 0 Å². The van der Waals surface area contributed by atoms with Gasteiger partial charge in [0.25, 0.3) is 0 Å². The van der Waals surface area contributed by atoms with Crippen LogP contribution in [0, 0.1) is 6.92 Å². The molecule has 0 aliphatic rings. The molecule has 0 saturated carbocycles. The fourth-order valence-electron chi connectivity index (χ4n) is 2.60. The average molecular weight is 408 g/mol. The molecule has 0 aliphatic carbocycles. The zero-order valence-electron chi connectivity index (χ0n) is 15.4. The molecule has 1 aromatic carbocycles. The van der Waals surface area contributed by atoms with Crippen molar-refractivity contribution in [2.24, 2.45) is 7.05 Å². The van der Waals surface area contributed by atoms with E-state index < -0.39 is 6.10 Å². The molecule has 27 heavy (non-hydrogen) atoms. The maximum absolute atomic E-state index is 10.2. The van der Waals surface area contributed by atoms with Crippen LogP contribution in [0.2, 0.25) is 5.02 Å². The molecule has 3 aromatic rings. The molecule has 8 heteroatoms. The highest BCUT2D eigenvalue weighted by molar-refractivity contribution is 7.99. The van der Waals surface area contributed by atoms with Crippen molar-refractivity contribution in [3.05, 3.63) is 52.9 Å². The Morgan fingerprint density at radius 1 is 1.26 bits per heavy atom. The largest absolute Gasteiger partial charge is 0.469 e. The number of ether oxygens (including phenoxy) is 1. The van der Waals surface area contributed by atoms with Gasteiger partial charge in [-0.2, -0.15) is 0 Å². The third-order valence-electron chi connectivity index (χ3n) is 4.22. The van der Waals surface area contributed by atoms with Crippen LogP contribution in [0.25, 0.3) is 11.4 Å². The zero-order valence-corrected chi connectivity index (χ0v) is 17.0. The molecule has 0 bridgehead atoms. The van der Waals surface area contributed by atoms with Crippen molar-refractivity contribution in [1.82, 2.24) is 14.8 Å². The van der Waals surface area contributed by atoms with Gasteiger partial charge in [-0.25, -0.2) is 0 Å². The normalized spacial score (nSPS) is 13.7. The first kappa shape index (κ1) is 19.9. The smallest absolute Gasteiger partial charge is 0.191 e. The van der Waals surface area contributed by atoms with Crippen molar-refractivity contribution in [2.75, 3.05) is 12.4 Å². The summed E-state index contributed by atoms with van der Waals surface area (Å²) < 4.78 is 13.0. The number of hydrogen-bond acceptors (Lipinski definition) is 6. The summed E-state index contributed by atoms with van der Waals surface area (Å²) in [6.07, 6.45) is 0.905. The summed E-state index contributed by atoms with van der Waals surface area (Å²) in [7, 11) is 1.90. The number of aromatic nitrogens is 3. The van der Waals surface area contributed by atoms with Crippen molar-refractivity contribution in [2.45, 2.75) is 31.2 Å². The number of benzene rings is 1. The van der Waals surface area contributed by atoms with E-state index in [1.54, 1.807) is 6.26 Å². The first-order valence-corrected chi connectivity index (χ1v) is 9.94. The van der Waals surface area contributed by atoms with E-state index in [4.69, 9.17) is 20.8 Å². The topological polar surface area (TPSA) is 73.3 Å². The number of thioether (sulfide) groups is 1. The van der Waals surface area contributed by atoms with Gasteiger partial charge in [-0.05, 0) is 37.6 Å². The van der Waals surface area contributed by atoms with Crippen molar-refractivity contribution < 1.29 is 14.3 Å². The van der Waals surface area contributed by atoms with Gasteiger partial charge in [0.1, 0.15) is 5.76 Å². The third-order valence-corrected chi connectivity index (χ3v) is 5.63. The van der Waals surface area contributed by atoms with Crippen LogP contribution in [0.1, 0.15) is 24.4 Å². The highest BCUT2D eigenvalue weighted by Crippen LogP contribution is 2.26. The Labute approximate surface area is 167 Å². The molecule has 2 heterocycles. The maximum Gasteiger partial charge on any atom is 0.191 e. The molecule has 2 atom stereocenters. The number of nitrogens with zero attached hydrogens (tertiary/aromatic N) is 3. The van der Waals surface area contributed by atoms with E-state index in [-0.39, 0.29) is 12.7 Å². The van der Waals surface area contributed by atoms with E-state index in [1.165, 1.54) is 11.8 Å². The number of aryl methyl sites for hydroxylation is 1. The highest BCUT2D eigenvalue weighted by atomic mass is 35.5. The van der Waals surface area contributed by atoms with Gasteiger partial charge in [-0.3, -0.25) is 0 Å². The van der Waals surface area contributed by atoms with E-state index in [0.717, 1.165) is 27.9 Å². The van der Waals surface area contributed by atoms with Gasteiger partial charge in [0.15, 0.2) is 11.0 Å². The van der Waals surface area contributed by atoms with Crippen LogP contribution in [0.3, 0.4) is 0 Å². The average Bonchev–Trinajstić information content (AvgIpc) is 3.23. The molecule has 0 unspecified atom stereocenters. The minimum atomic E-state index is -0.611. The minimum Gasteiger partial charge on any atom is -0.469 e. The minimum absolute atomic E-state index is 0.118. The number of rotatable bonds is 8. The monoisotopic (exact) mass is 407 g/mol. The SMILES string of the molecule is Cc1occc1-c1nnc(SC[C@@H](O)CO[C@H](C)c2ccc(Cl)cc2)n1C. The number of aliphatic hydroxyl groups is 1. The van der Waals surface area contributed by atoms with Crippen LogP contribution in [0.5, 0.6) is 0 Å². The molecule has 6 nitrogen and oxygen atoms in total. The van der Waals surface area contributed by atoms with Crippen LogP contribution in [-0.4, -0.2) is 38.3 Å². The molecule has 0 amide bonds. The summed E-state index contributed by atoms with van der Waals surface area (Å²) in [4.78, 5) is 0. The maximum atomic E-state index is 10.2. The molecule has 0 saturated heterocycles. The van der Waals surface area contributed by atoms with Gasteiger partial charge in [0.05, 0.1) is 30.6 Å². The quantitative estimate of drug-likeness (QED) is 0.562. The van der Waals surface area contributed by atoms with Crippen molar-refractivity contribution >= 4 is 23.4 Å². The summed E-state index contributed by atoms with van der Waals surface area (Å²) in [6, 6.07) is 9.38. The summed E-state index contributed by atoms with van der Waals surface area (Å²) in [5.74, 6) is 2.00. The molecule has 2 aromatic heterocycles. The third kappa shape index (κ3) is 4.93. The molecule has 0 aliphatic heterocycles. The Balaban J connectivity index is 1.51. The van der Waals surface area contributed by atoms with Gasteiger partial charge < -0.3 is 18.8 Å². The van der Waals surface area contributed by atoms with E-state index in [9.17, 15) is 5.11 Å². The standard InChI is InChI=1S/C19H22ClN3O3S/c1-12(14-4-6-15(20)7-5-14)26-10-16(24)11-27-19-22-21-18(23(19)3)17-8-9-25-13(17)2/h4-9,12,16,24H,10-11H2,1-3H3/t12-,16+/m1/s1. The van der Waals surface area contributed by atoms with Gasteiger partial charge in [0, 0.05) is 17.8 Å². The predicted octanol–water partition coefficient (Wildman–Crippen LogP) is 4.27. The Bertz CT molecular complexity index is 879. The number of furan rings is 1. The fourth-order valence-corrected chi connectivity index (χ4v) is 3.54. The Morgan fingerprint density at radius 3 is 2.67 bits per heavy atom. The summed E-state index contributed by atoms with van der Waals surface area (Å²) in [6.45, 7) is 4.08. The molecule has 0 fully saturated rings. The van der Waals surface area contributed by atoms with E-state index in [1.807, 2.05) is 55.8 Å². The highest BCUT2D eigenvalue weighted by Gasteiger charge is 2.16. The van der Waals surface area contributed by atoms with Crippen LogP contribution in [0.15, 0.2) is 46.2 Å². The van der Waals surface area contributed by atoms with Gasteiger partial charge in [0.2, 0.25) is 0 Å². The lowest BCUT2D eigenvalue weighted by molar-refractivity contribution is 0.00621. The van der Waals surface area contributed by atoms with Crippen LogP contribution in [-0.2, 0) is 11.8 Å².